The highest BCUT2D eigenvalue weighted by atomic mass is 19.1. The number of likely N-dealkylation sites (tertiary alicyclic amines) is 1. The summed E-state index contributed by atoms with van der Waals surface area (Å²) in [6.45, 7) is 4.97. The molecule has 0 saturated carbocycles. The molecule has 110 valence electrons. The van der Waals surface area contributed by atoms with Crippen LogP contribution in [-0.2, 0) is 11.3 Å². The zero-order chi connectivity index (χ0) is 14.5. The van der Waals surface area contributed by atoms with E-state index >= 15 is 0 Å². The number of hydrogen-bond donors (Lipinski definition) is 2. The summed E-state index contributed by atoms with van der Waals surface area (Å²) >= 11 is 0. The van der Waals surface area contributed by atoms with E-state index in [-0.39, 0.29) is 11.7 Å². The van der Waals surface area contributed by atoms with Crippen LogP contribution in [-0.4, -0.2) is 41.7 Å². The van der Waals surface area contributed by atoms with Crippen LogP contribution < -0.4 is 5.32 Å². The quantitative estimate of drug-likeness (QED) is 0.833. The van der Waals surface area contributed by atoms with Gasteiger partial charge in [0.05, 0.1) is 0 Å². The normalized spacial score (nSPS) is 21.0. The van der Waals surface area contributed by atoms with Crippen LogP contribution in [0.2, 0.25) is 0 Å². The highest BCUT2D eigenvalue weighted by Crippen LogP contribution is 2.22. The Morgan fingerprint density at radius 3 is 2.80 bits per heavy atom. The number of carboxylic acid groups (broad SMARTS) is 1. The predicted octanol–water partition coefficient (Wildman–Crippen LogP) is 1.71. The van der Waals surface area contributed by atoms with Crippen molar-refractivity contribution in [1.29, 1.82) is 0 Å². The van der Waals surface area contributed by atoms with Gasteiger partial charge in [0.1, 0.15) is 11.9 Å². The second-order valence-corrected chi connectivity index (χ2v) is 5.28. The maximum atomic E-state index is 12.9. The summed E-state index contributed by atoms with van der Waals surface area (Å²) in [6.07, 6.45) is 0.880. The molecular formula is C15H21FN2O2. The molecule has 0 aromatic heterocycles. The molecule has 20 heavy (non-hydrogen) atoms. The number of likely N-dealkylation sites (N-methyl/N-ethyl adjacent to an activating group) is 1. The lowest BCUT2D eigenvalue weighted by Gasteiger charge is -2.21. The Morgan fingerprint density at radius 2 is 2.20 bits per heavy atom. The number of nitrogens with zero attached hydrogens (tertiary/aromatic N) is 1. The Balaban J connectivity index is 1.91. The van der Waals surface area contributed by atoms with Crippen LogP contribution in [0.3, 0.4) is 0 Å². The van der Waals surface area contributed by atoms with E-state index in [0.29, 0.717) is 6.54 Å². The summed E-state index contributed by atoms with van der Waals surface area (Å²) in [7, 11) is 0. The van der Waals surface area contributed by atoms with Crippen molar-refractivity contribution in [3.05, 3.63) is 35.6 Å². The molecule has 0 spiro atoms. The molecule has 0 amide bonds. The van der Waals surface area contributed by atoms with Gasteiger partial charge in [0.25, 0.3) is 0 Å². The molecule has 1 saturated heterocycles. The van der Waals surface area contributed by atoms with Crippen LogP contribution in [0.1, 0.15) is 18.9 Å². The van der Waals surface area contributed by atoms with Crippen LogP contribution in [0.4, 0.5) is 4.39 Å². The molecule has 0 aliphatic carbocycles. The minimum Gasteiger partial charge on any atom is -0.480 e. The predicted molar refractivity (Wildman–Crippen MR) is 74.9 cm³/mol. The van der Waals surface area contributed by atoms with Gasteiger partial charge in [-0.1, -0.05) is 19.1 Å². The molecule has 4 nitrogen and oxygen atoms in total. The average molecular weight is 280 g/mol. The van der Waals surface area contributed by atoms with Crippen molar-refractivity contribution >= 4 is 5.97 Å². The largest absolute Gasteiger partial charge is 0.480 e. The van der Waals surface area contributed by atoms with Gasteiger partial charge in [0, 0.05) is 13.1 Å². The summed E-state index contributed by atoms with van der Waals surface area (Å²) in [5, 5.41) is 12.3. The lowest BCUT2D eigenvalue weighted by atomic mass is 9.99. The number of nitrogens with one attached hydrogen (secondary N) is 1. The van der Waals surface area contributed by atoms with E-state index in [9.17, 15) is 14.3 Å². The fraction of sp³-hybridized carbons (Fsp3) is 0.533. The first-order valence-corrected chi connectivity index (χ1v) is 7.03. The van der Waals surface area contributed by atoms with Crippen molar-refractivity contribution in [1.82, 2.24) is 10.2 Å². The van der Waals surface area contributed by atoms with Gasteiger partial charge in [-0.3, -0.25) is 9.69 Å². The lowest BCUT2D eigenvalue weighted by molar-refractivity contribution is -0.140. The molecule has 0 radical (unpaired) electrons. The topological polar surface area (TPSA) is 52.6 Å². The van der Waals surface area contributed by atoms with E-state index in [1.54, 1.807) is 12.1 Å². The second kappa shape index (κ2) is 6.81. The zero-order valence-electron chi connectivity index (χ0n) is 11.7. The van der Waals surface area contributed by atoms with Crippen LogP contribution in [0.25, 0.3) is 0 Å². The third kappa shape index (κ3) is 3.77. The number of carboxylic acids is 1. The van der Waals surface area contributed by atoms with Gasteiger partial charge in [-0.2, -0.15) is 0 Å². The number of rotatable bonds is 6. The molecule has 5 heteroatoms. The summed E-state index contributed by atoms with van der Waals surface area (Å²) in [4.78, 5) is 13.5. The van der Waals surface area contributed by atoms with Gasteiger partial charge in [-0.15, -0.1) is 0 Å². The number of aliphatic carboxylic acids is 1. The van der Waals surface area contributed by atoms with E-state index < -0.39 is 12.0 Å². The third-order valence-corrected chi connectivity index (χ3v) is 3.79. The monoisotopic (exact) mass is 280 g/mol. The first-order chi connectivity index (χ1) is 9.60. The molecule has 2 N–H and O–H groups in total. The van der Waals surface area contributed by atoms with E-state index in [0.717, 1.165) is 31.6 Å². The van der Waals surface area contributed by atoms with Crippen molar-refractivity contribution in [3.63, 3.8) is 0 Å². The van der Waals surface area contributed by atoms with E-state index in [1.165, 1.54) is 12.1 Å². The molecule has 1 fully saturated rings. The van der Waals surface area contributed by atoms with E-state index in [2.05, 4.69) is 10.2 Å². The van der Waals surface area contributed by atoms with Gasteiger partial charge in [-0.25, -0.2) is 4.39 Å². The van der Waals surface area contributed by atoms with Gasteiger partial charge < -0.3 is 10.4 Å². The standard InChI is InChI=1S/C15H21FN2O2/c1-2-17-14(15(19)20)12-7-8-18(10-12)9-11-3-5-13(16)6-4-11/h3-6,12,14,17H,2,7-10H2,1H3,(H,19,20). The molecule has 2 atom stereocenters. The van der Waals surface area contributed by atoms with Crippen LogP contribution in [0.15, 0.2) is 24.3 Å². The fourth-order valence-corrected chi connectivity index (χ4v) is 2.80. The minimum absolute atomic E-state index is 0.132. The SMILES string of the molecule is CCNC(C(=O)O)C1CCN(Cc2ccc(F)cc2)C1. The smallest absolute Gasteiger partial charge is 0.321 e. The van der Waals surface area contributed by atoms with Gasteiger partial charge >= 0.3 is 5.97 Å². The maximum Gasteiger partial charge on any atom is 0.321 e. The van der Waals surface area contributed by atoms with Crippen LogP contribution in [0.5, 0.6) is 0 Å². The second-order valence-electron chi connectivity index (χ2n) is 5.28. The molecule has 2 rings (SSSR count). The molecule has 2 unspecified atom stereocenters. The molecular weight excluding hydrogens is 259 g/mol. The Hall–Kier alpha value is -1.46. The van der Waals surface area contributed by atoms with Crippen LogP contribution >= 0.6 is 0 Å². The van der Waals surface area contributed by atoms with E-state index in [1.807, 2.05) is 6.92 Å². The lowest BCUT2D eigenvalue weighted by Crippen LogP contribution is -2.43. The molecule has 1 aliphatic rings. The highest BCUT2D eigenvalue weighted by molar-refractivity contribution is 5.74. The Kier molecular flexibility index (Phi) is 5.09. The number of hydrogen-bond acceptors (Lipinski definition) is 3. The van der Waals surface area contributed by atoms with Crippen LogP contribution in [0, 0.1) is 11.7 Å². The van der Waals surface area contributed by atoms with Crippen molar-refractivity contribution < 1.29 is 14.3 Å². The number of carbonyl (C=O) groups is 1. The fourth-order valence-electron chi connectivity index (χ4n) is 2.80. The number of halogens is 1. The molecule has 1 aliphatic heterocycles. The van der Waals surface area contributed by atoms with Gasteiger partial charge in [0.2, 0.25) is 0 Å². The summed E-state index contributed by atoms with van der Waals surface area (Å²) in [6, 6.07) is 6.00. The molecule has 1 aromatic rings. The molecule has 0 bridgehead atoms. The van der Waals surface area contributed by atoms with E-state index in [4.69, 9.17) is 0 Å². The average Bonchev–Trinajstić information content (AvgIpc) is 2.86. The highest BCUT2D eigenvalue weighted by Gasteiger charge is 2.33. The minimum atomic E-state index is -0.777. The van der Waals surface area contributed by atoms with Gasteiger partial charge in [0.15, 0.2) is 0 Å². The third-order valence-electron chi connectivity index (χ3n) is 3.79. The van der Waals surface area contributed by atoms with Crippen molar-refractivity contribution in [3.8, 4) is 0 Å². The summed E-state index contributed by atoms with van der Waals surface area (Å²) < 4.78 is 12.9. The molecule has 1 aromatic carbocycles. The summed E-state index contributed by atoms with van der Waals surface area (Å²) in [5.41, 5.74) is 1.06. The first kappa shape index (κ1) is 14.9. The van der Waals surface area contributed by atoms with Gasteiger partial charge in [-0.05, 0) is 43.1 Å². The Bertz CT molecular complexity index is 450. The van der Waals surface area contributed by atoms with Crippen molar-refractivity contribution in [2.24, 2.45) is 5.92 Å². The maximum absolute atomic E-state index is 12.9. The first-order valence-electron chi connectivity index (χ1n) is 7.03. The van der Waals surface area contributed by atoms with Crippen molar-refractivity contribution in [2.45, 2.75) is 25.9 Å². The zero-order valence-corrected chi connectivity index (χ0v) is 11.7. The number of benzene rings is 1. The molecule has 1 heterocycles. The Morgan fingerprint density at radius 1 is 1.50 bits per heavy atom. The summed E-state index contributed by atoms with van der Waals surface area (Å²) in [5.74, 6) is -0.875. The van der Waals surface area contributed by atoms with Crippen molar-refractivity contribution in [2.75, 3.05) is 19.6 Å². The Labute approximate surface area is 118 Å².